The molecule has 4 heteroatoms. The van der Waals surface area contributed by atoms with E-state index in [0.29, 0.717) is 12.5 Å². The van der Waals surface area contributed by atoms with Crippen molar-refractivity contribution in [1.82, 2.24) is 0 Å². The molecule has 1 aromatic rings. The zero-order chi connectivity index (χ0) is 14.4. The van der Waals surface area contributed by atoms with Gasteiger partial charge in [0.1, 0.15) is 13.1 Å². The Balaban J connectivity index is 1.84. The fourth-order valence-corrected chi connectivity index (χ4v) is 2.40. The molecule has 2 N–H and O–H groups in total. The van der Waals surface area contributed by atoms with Gasteiger partial charge in [-0.05, 0) is 30.0 Å². The van der Waals surface area contributed by atoms with E-state index >= 15 is 0 Å². The number of rotatable bonds is 5. The molecule has 1 fully saturated rings. The van der Waals surface area contributed by atoms with Crippen LogP contribution in [-0.2, 0) is 9.53 Å². The molecule has 1 amide bonds. The van der Waals surface area contributed by atoms with Crippen LogP contribution in [0.25, 0.3) is 0 Å². The molecule has 1 atom stereocenters. The van der Waals surface area contributed by atoms with Crippen molar-refractivity contribution in [1.29, 1.82) is 0 Å². The molecule has 1 heterocycles. The van der Waals surface area contributed by atoms with Crippen molar-refractivity contribution in [3.63, 3.8) is 0 Å². The van der Waals surface area contributed by atoms with Gasteiger partial charge in [0.05, 0.1) is 13.2 Å². The highest BCUT2D eigenvalue weighted by molar-refractivity contribution is 5.91. The van der Waals surface area contributed by atoms with Gasteiger partial charge in [-0.1, -0.05) is 26.0 Å². The van der Waals surface area contributed by atoms with Crippen molar-refractivity contribution in [3.05, 3.63) is 29.8 Å². The minimum Gasteiger partial charge on any atom is -0.370 e. The number of ether oxygens (including phenoxy) is 1. The Morgan fingerprint density at radius 3 is 2.55 bits per heavy atom. The van der Waals surface area contributed by atoms with Crippen LogP contribution >= 0.6 is 0 Å². The summed E-state index contributed by atoms with van der Waals surface area (Å²) in [5.74, 6) is 0.649. The number of carbonyl (C=O) groups is 1. The first kappa shape index (κ1) is 15.0. The zero-order valence-corrected chi connectivity index (χ0v) is 12.4. The van der Waals surface area contributed by atoms with Crippen LogP contribution in [0.3, 0.4) is 0 Å². The third kappa shape index (κ3) is 4.32. The second kappa shape index (κ2) is 7.41. The second-order valence-electron chi connectivity index (χ2n) is 5.52. The highest BCUT2D eigenvalue weighted by Gasteiger charge is 2.17. The van der Waals surface area contributed by atoms with Crippen molar-refractivity contribution < 1.29 is 14.4 Å². The van der Waals surface area contributed by atoms with Crippen LogP contribution < -0.4 is 10.2 Å². The Morgan fingerprint density at radius 1 is 1.30 bits per heavy atom. The van der Waals surface area contributed by atoms with Crippen LogP contribution in [0.5, 0.6) is 0 Å². The van der Waals surface area contributed by atoms with Gasteiger partial charge in [0, 0.05) is 5.69 Å². The molecule has 1 aliphatic rings. The molecule has 110 valence electrons. The van der Waals surface area contributed by atoms with Gasteiger partial charge in [0.2, 0.25) is 0 Å². The van der Waals surface area contributed by atoms with Gasteiger partial charge >= 0.3 is 0 Å². The summed E-state index contributed by atoms with van der Waals surface area (Å²) >= 11 is 0. The number of amides is 1. The van der Waals surface area contributed by atoms with Crippen molar-refractivity contribution >= 4 is 11.6 Å². The Kier molecular flexibility index (Phi) is 5.56. The molecule has 0 spiro atoms. The summed E-state index contributed by atoms with van der Waals surface area (Å²) in [7, 11) is 0. The van der Waals surface area contributed by atoms with Gasteiger partial charge in [-0.25, -0.2) is 0 Å². The molecule has 0 bridgehead atoms. The third-order valence-corrected chi connectivity index (χ3v) is 3.99. The summed E-state index contributed by atoms with van der Waals surface area (Å²) in [6.07, 6.45) is 1.13. The maximum atomic E-state index is 12.0. The number of benzene rings is 1. The molecule has 1 saturated heterocycles. The number of hydrogen-bond donors (Lipinski definition) is 2. The lowest BCUT2D eigenvalue weighted by atomic mass is 9.99. The van der Waals surface area contributed by atoms with Gasteiger partial charge in [0.25, 0.3) is 5.91 Å². The van der Waals surface area contributed by atoms with Crippen LogP contribution in [0.2, 0.25) is 0 Å². The fourth-order valence-electron chi connectivity index (χ4n) is 2.40. The van der Waals surface area contributed by atoms with Gasteiger partial charge in [0.15, 0.2) is 6.54 Å². The minimum absolute atomic E-state index is 0.0817. The molecule has 2 rings (SSSR count). The Bertz CT molecular complexity index is 425. The van der Waals surface area contributed by atoms with Crippen LogP contribution in [0, 0.1) is 0 Å². The summed E-state index contributed by atoms with van der Waals surface area (Å²) in [6.45, 7) is 8.27. The molecule has 0 aromatic heterocycles. The van der Waals surface area contributed by atoms with Crippen molar-refractivity contribution in [2.45, 2.75) is 26.2 Å². The Morgan fingerprint density at radius 2 is 1.95 bits per heavy atom. The molecule has 1 aromatic carbocycles. The molecule has 20 heavy (non-hydrogen) atoms. The third-order valence-electron chi connectivity index (χ3n) is 3.99. The predicted molar refractivity (Wildman–Crippen MR) is 80.2 cm³/mol. The topological polar surface area (TPSA) is 42.8 Å². The van der Waals surface area contributed by atoms with Crippen molar-refractivity contribution in [2.75, 3.05) is 38.2 Å². The number of anilines is 1. The average Bonchev–Trinajstić information content (AvgIpc) is 2.48. The lowest BCUT2D eigenvalue weighted by Crippen LogP contribution is -3.15. The van der Waals surface area contributed by atoms with Crippen LogP contribution in [0.15, 0.2) is 24.3 Å². The highest BCUT2D eigenvalue weighted by Crippen LogP contribution is 2.20. The molecular weight excluding hydrogens is 252 g/mol. The normalized spacial score (nSPS) is 17.7. The summed E-state index contributed by atoms with van der Waals surface area (Å²) in [6, 6.07) is 8.19. The number of morpholine rings is 1. The largest absolute Gasteiger partial charge is 0.370 e. The number of quaternary nitrogens is 1. The lowest BCUT2D eigenvalue weighted by Gasteiger charge is -2.23. The predicted octanol–water partition coefficient (Wildman–Crippen LogP) is 1.05. The molecule has 0 saturated carbocycles. The zero-order valence-electron chi connectivity index (χ0n) is 12.4. The van der Waals surface area contributed by atoms with Gasteiger partial charge in [-0.3, -0.25) is 4.79 Å². The number of carbonyl (C=O) groups excluding carboxylic acids is 1. The molecule has 4 nitrogen and oxygen atoms in total. The first-order valence-corrected chi connectivity index (χ1v) is 7.50. The quantitative estimate of drug-likeness (QED) is 0.845. The van der Waals surface area contributed by atoms with E-state index in [1.54, 1.807) is 0 Å². The van der Waals surface area contributed by atoms with Crippen molar-refractivity contribution in [3.8, 4) is 0 Å². The summed E-state index contributed by atoms with van der Waals surface area (Å²) in [5.41, 5.74) is 2.21. The second-order valence-corrected chi connectivity index (χ2v) is 5.52. The molecular formula is C16H25N2O2+. The van der Waals surface area contributed by atoms with E-state index in [4.69, 9.17) is 4.74 Å². The van der Waals surface area contributed by atoms with Gasteiger partial charge in [-0.15, -0.1) is 0 Å². The monoisotopic (exact) mass is 277 g/mol. The van der Waals surface area contributed by atoms with Crippen LogP contribution in [-0.4, -0.2) is 38.8 Å². The van der Waals surface area contributed by atoms with Crippen LogP contribution in [0.4, 0.5) is 5.69 Å². The Hall–Kier alpha value is -1.39. The Labute approximate surface area is 121 Å². The van der Waals surface area contributed by atoms with E-state index in [2.05, 4.69) is 31.3 Å². The molecule has 0 unspecified atom stereocenters. The first-order valence-electron chi connectivity index (χ1n) is 7.50. The van der Waals surface area contributed by atoms with E-state index in [-0.39, 0.29) is 5.91 Å². The highest BCUT2D eigenvalue weighted by atomic mass is 16.5. The minimum atomic E-state index is 0.0817. The molecule has 0 aliphatic carbocycles. The van der Waals surface area contributed by atoms with E-state index in [1.807, 2.05) is 12.1 Å². The molecule has 1 aliphatic heterocycles. The fraction of sp³-hybridized carbons (Fsp3) is 0.562. The van der Waals surface area contributed by atoms with E-state index < -0.39 is 0 Å². The summed E-state index contributed by atoms with van der Waals surface area (Å²) < 4.78 is 5.29. The smallest absolute Gasteiger partial charge is 0.279 e. The van der Waals surface area contributed by atoms with Gasteiger partial charge < -0.3 is 15.0 Å². The van der Waals surface area contributed by atoms with Crippen LogP contribution in [0.1, 0.15) is 31.7 Å². The van der Waals surface area contributed by atoms with E-state index in [1.165, 1.54) is 10.5 Å². The average molecular weight is 277 g/mol. The summed E-state index contributed by atoms with van der Waals surface area (Å²) in [5, 5.41) is 2.97. The van der Waals surface area contributed by atoms with Crippen molar-refractivity contribution in [2.24, 2.45) is 0 Å². The maximum Gasteiger partial charge on any atom is 0.279 e. The SMILES string of the molecule is CC[C@H](C)c1ccc(NC(=O)C[NH+]2CCOCC2)cc1. The first-order chi connectivity index (χ1) is 9.69. The van der Waals surface area contributed by atoms with E-state index in [9.17, 15) is 4.79 Å². The number of hydrogen-bond acceptors (Lipinski definition) is 2. The number of nitrogens with one attached hydrogen (secondary N) is 2. The molecule has 0 radical (unpaired) electrons. The lowest BCUT2D eigenvalue weighted by molar-refractivity contribution is -0.899. The summed E-state index contributed by atoms with van der Waals surface area (Å²) in [4.78, 5) is 13.3. The van der Waals surface area contributed by atoms with E-state index in [0.717, 1.165) is 38.4 Å². The van der Waals surface area contributed by atoms with Gasteiger partial charge in [-0.2, -0.15) is 0 Å². The standard InChI is InChI=1S/C16H24N2O2/c1-3-13(2)14-4-6-15(7-5-14)17-16(19)12-18-8-10-20-11-9-18/h4-7,13H,3,8-12H2,1-2H3,(H,17,19)/p+1/t13-/m0/s1. The maximum absolute atomic E-state index is 12.0.